The maximum Gasteiger partial charge on any atom is 0.0410 e. The highest BCUT2D eigenvalue weighted by Crippen LogP contribution is 2.22. The van der Waals surface area contributed by atoms with Crippen molar-refractivity contribution in [1.82, 2.24) is 10.2 Å². The van der Waals surface area contributed by atoms with E-state index in [4.69, 9.17) is 11.6 Å². The summed E-state index contributed by atoms with van der Waals surface area (Å²) in [5, 5.41) is 4.22. The molecule has 0 atom stereocenters. The van der Waals surface area contributed by atoms with Gasteiger partial charge in [0, 0.05) is 29.1 Å². The summed E-state index contributed by atoms with van der Waals surface area (Å²) in [6.07, 6.45) is 1.22. The fourth-order valence-corrected chi connectivity index (χ4v) is 2.53. The largest absolute Gasteiger partial charge is 0.315 e. The van der Waals surface area contributed by atoms with Crippen molar-refractivity contribution in [3.8, 4) is 0 Å². The molecule has 1 aliphatic heterocycles. The fraction of sp³-hybridized carbons (Fsp3) is 0.500. The molecule has 5 heteroatoms. The zero-order valence-electron chi connectivity index (χ0n) is 9.59. The van der Waals surface area contributed by atoms with E-state index in [1.54, 1.807) is 0 Å². The van der Waals surface area contributed by atoms with Gasteiger partial charge in [-0.3, -0.25) is 4.90 Å². The van der Waals surface area contributed by atoms with Crippen LogP contribution in [-0.4, -0.2) is 31.1 Å². The minimum Gasteiger partial charge on any atom is -0.315 e. The van der Waals surface area contributed by atoms with E-state index in [1.807, 2.05) is 18.2 Å². The average molecular weight is 340 g/mol. The van der Waals surface area contributed by atoms with Gasteiger partial charge in [-0.25, -0.2) is 0 Å². The predicted molar refractivity (Wildman–Crippen MR) is 79.2 cm³/mol. The van der Waals surface area contributed by atoms with Gasteiger partial charge >= 0.3 is 0 Å². The first-order valence-electron chi connectivity index (χ1n) is 5.63. The van der Waals surface area contributed by atoms with Gasteiger partial charge in [-0.15, -0.1) is 12.4 Å². The van der Waals surface area contributed by atoms with E-state index in [2.05, 4.69) is 26.1 Å². The summed E-state index contributed by atoms with van der Waals surface area (Å²) in [5.41, 5.74) is 1.27. The molecule has 0 aromatic heterocycles. The van der Waals surface area contributed by atoms with Crippen LogP contribution in [0.2, 0.25) is 5.02 Å². The van der Waals surface area contributed by atoms with Crippen LogP contribution in [0.15, 0.2) is 22.7 Å². The average Bonchev–Trinajstić information content (AvgIpc) is 2.52. The lowest BCUT2D eigenvalue weighted by atomic mass is 10.2. The van der Waals surface area contributed by atoms with E-state index in [0.29, 0.717) is 0 Å². The molecular weight excluding hydrogens is 323 g/mol. The molecule has 17 heavy (non-hydrogen) atoms. The van der Waals surface area contributed by atoms with Gasteiger partial charge in [0.15, 0.2) is 0 Å². The molecule has 96 valence electrons. The number of nitrogens with zero attached hydrogens (tertiary/aromatic N) is 1. The summed E-state index contributed by atoms with van der Waals surface area (Å²) in [7, 11) is 0. The molecule has 1 aromatic rings. The molecule has 1 N–H and O–H groups in total. The van der Waals surface area contributed by atoms with Crippen molar-refractivity contribution >= 4 is 39.9 Å². The van der Waals surface area contributed by atoms with Gasteiger partial charge in [0.25, 0.3) is 0 Å². The first kappa shape index (κ1) is 15.3. The molecule has 1 saturated heterocycles. The quantitative estimate of drug-likeness (QED) is 0.889. The Hall–Kier alpha value is 0.200. The van der Waals surface area contributed by atoms with Crippen LogP contribution in [0, 0.1) is 0 Å². The molecule has 0 radical (unpaired) electrons. The Balaban J connectivity index is 0.00000144. The van der Waals surface area contributed by atoms with Crippen LogP contribution in [-0.2, 0) is 6.54 Å². The van der Waals surface area contributed by atoms with Gasteiger partial charge in [-0.1, -0.05) is 27.5 Å². The fourth-order valence-electron chi connectivity index (χ4n) is 1.97. The van der Waals surface area contributed by atoms with Crippen LogP contribution in [0.25, 0.3) is 0 Å². The normalized spacial score (nSPS) is 17.3. The second-order valence-electron chi connectivity index (χ2n) is 4.12. The molecule has 0 amide bonds. The predicted octanol–water partition coefficient (Wildman–Crippen LogP) is 3.32. The molecule has 0 aliphatic carbocycles. The van der Waals surface area contributed by atoms with Crippen molar-refractivity contribution in [2.24, 2.45) is 0 Å². The molecule has 1 heterocycles. The third-order valence-electron chi connectivity index (χ3n) is 2.83. The van der Waals surface area contributed by atoms with Crippen molar-refractivity contribution in [2.45, 2.75) is 13.0 Å². The maximum atomic E-state index is 6.02. The van der Waals surface area contributed by atoms with Crippen molar-refractivity contribution in [1.29, 1.82) is 0 Å². The summed E-state index contributed by atoms with van der Waals surface area (Å²) in [6.45, 7) is 5.46. The topological polar surface area (TPSA) is 15.3 Å². The number of halogens is 3. The molecule has 2 nitrogen and oxygen atoms in total. The first-order chi connectivity index (χ1) is 7.75. The van der Waals surface area contributed by atoms with E-state index in [-0.39, 0.29) is 12.4 Å². The maximum absolute atomic E-state index is 6.02. The Labute approximate surface area is 122 Å². The lowest BCUT2D eigenvalue weighted by Crippen LogP contribution is -2.27. The third kappa shape index (κ3) is 4.76. The second kappa shape index (κ2) is 7.59. The van der Waals surface area contributed by atoms with E-state index < -0.39 is 0 Å². The number of hydrogen-bond acceptors (Lipinski definition) is 2. The first-order valence-corrected chi connectivity index (χ1v) is 6.80. The SMILES string of the molecule is Cl.Clc1ccc(Br)c(CN2CCCNCC2)c1. The summed E-state index contributed by atoms with van der Waals surface area (Å²) in [4.78, 5) is 2.47. The van der Waals surface area contributed by atoms with Gasteiger partial charge in [0.2, 0.25) is 0 Å². The van der Waals surface area contributed by atoms with Gasteiger partial charge in [-0.05, 0) is 43.3 Å². The number of nitrogens with one attached hydrogen (secondary N) is 1. The Morgan fingerprint density at radius 1 is 1.29 bits per heavy atom. The van der Waals surface area contributed by atoms with Gasteiger partial charge in [0.05, 0.1) is 0 Å². The third-order valence-corrected chi connectivity index (χ3v) is 3.84. The highest BCUT2D eigenvalue weighted by Gasteiger charge is 2.10. The minimum atomic E-state index is 0. The molecule has 1 aliphatic rings. The summed E-state index contributed by atoms with van der Waals surface area (Å²) in [5.74, 6) is 0. The van der Waals surface area contributed by atoms with Crippen molar-refractivity contribution in [3.05, 3.63) is 33.3 Å². The summed E-state index contributed by atoms with van der Waals surface area (Å²) in [6, 6.07) is 5.98. The summed E-state index contributed by atoms with van der Waals surface area (Å²) < 4.78 is 1.15. The standard InChI is InChI=1S/C12H16BrClN2.ClH/c13-12-3-2-11(14)8-10(12)9-16-6-1-4-15-5-7-16;/h2-3,8,15H,1,4-7,9H2;1H. The van der Waals surface area contributed by atoms with E-state index >= 15 is 0 Å². The Morgan fingerprint density at radius 3 is 2.94 bits per heavy atom. The Morgan fingerprint density at radius 2 is 2.12 bits per heavy atom. The number of hydrogen-bond donors (Lipinski definition) is 1. The van der Waals surface area contributed by atoms with Crippen LogP contribution in [0.4, 0.5) is 0 Å². The molecule has 0 spiro atoms. The molecule has 0 bridgehead atoms. The Bertz CT molecular complexity index is 352. The molecule has 1 fully saturated rings. The van der Waals surface area contributed by atoms with E-state index in [1.165, 1.54) is 12.0 Å². The minimum absolute atomic E-state index is 0. The molecule has 2 rings (SSSR count). The highest BCUT2D eigenvalue weighted by atomic mass is 79.9. The van der Waals surface area contributed by atoms with Crippen LogP contribution in [0.3, 0.4) is 0 Å². The molecule has 0 saturated carbocycles. The summed E-state index contributed by atoms with van der Waals surface area (Å²) >= 11 is 9.59. The second-order valence-corrected chi connectivity index (χ2v) is 5.41. The van der Waals surface area contributed by atoms with Gasteiger partial charge in [0.1, 0.15) is 0 Å². The smallest absolute Gasteiger partial charge is 0.0410 e. The highest BCUT2D eigenvalue weighted by molar-refractivity contribution is 9.10. The van der Waals surface area contributed by atoms with E-state index in [0.717, 1.165) is 42.2 Å². The number of benzene rings is 1. The van der Waals surface area contributed by atoms with Crippen molar-refractivity contribution < 1.29 is 0 Å². The van der Waals surface area contributed by atoms with Crippen molar-refractivity contribution in [2.75, 3.05) is 26.2 Å². The zero-order valence-corrected chi connectivity index (χ0v) is 12.7. The molecule has 0 unspecified atom stereocenters. The Kier molecular flexibility index (Phi) is 6.82. The number of rotatable bonds is 2. The lowest BCUT2D eigenvalue weighted by Gasteiger charge is -2.20. The van der Waals surface area contributed by atoms with Crippen molar-refractivity contribution in [3.63, 3.8) is 0 Å². The van der Waals surface area contributed by atoms with Crippen LogP contribution in [0.5, 0.6) is 0 Å². The molecular formula is C12H17BrCl2N2. The zero-order chi connectivity index (χ0) is 11.4. The van der Waals surface area contributed by atoms with Crippen LogP contribution < -0.4 is 5.32 Å². The van der Waals surface area contributed by atoms with Gasteiger partial charge < -0.3 is 5.32 Å². The van der Waals surface area contributed by atoms with Crippen LogP contribution >= 0.6 is 39.9 Å². The lowest BCUT2D eigenvalue weighted by molar-refractivity contribution is 0.284. The van der Waals surface area contributed by atoms with Gasteiger partial charge in [-0.2, -0.15) is 0 Å². The van der Waals surface area contributed by atoms with Crippen LogP contribution in [0.1, 0.15) is 12.0 Å². The molecule has 1 aromatic carbocycles. The van der Waals surface area contributed by atoms with E-state index in [9.17, 15) is 0 Å². The monoisotopic (exact) mass is 338 g/mol.